The van der Waals surface area contributed by atoms with Gasteiger partial charge in [-0.25, -0.2) is 0 Å². The van der Waals surface area contributed by atoms with Crippen LogP contribution in [0, 0.1) is 0 Å². The highest BCUT2D eigenvalue weighted by molar-refractivity contribution is 9.10. The molecule has 0 bridgehead atoms. The third-order valence-electron chi connectivity index (χ3n) is 3.36. The van der Waals surface area contributed by atoms with E-state index < -0.39 is 11.4 Å². The van der Waals surface area contributed by atoms with Gasteiger partial charge in [0.1, 0.15) is 5.41 Å². The number of carboxylic acids is 1. The number of rotatable bonds is 2. The van der Waals surface area contributed by atoms with Crippen LogP contribution in [0.5, 0.6) is 0 Å². The Morgan fingerprint density at radius 3 is 2.50 bits per heavy atom. The first-order chi connectivity index (χ1) is 7.58. The largest absolute Gasteiger partial charge is 0.481 e. The number of hydrogen-bond acceptors (Lipinski definition) is 3. The van der Waals surface area contributed by atoms with Crippen LogP contribution < -0.4 is 0 Å². The van der Waals surface area contributed by atoms with Crippen molar-refractivity contribution in [3.05, 3.63) is 10.3 Å². The van der Waals surface area contributed by atoms with E-state index in [4.69, 9.17) is 0 Å². The summed E-state index contributed by atoms with van der Waals surface area (Å²) in [6, 6.07) is 0. The molecule has 1 aliphatic rings. The molecule has 2 rings (SSSR count). The van der Waals surface area contributed by atoms with Gasteiger partial charge in [0.05, 0.1) is 5.69 Å². The van der Waals surface area contributed by atoms with E-state index in [2.05, 4.69) is 26.2 Å². The Balaban J connectivity index is 2.51. The maximum atomic E-state index is 11.6. The average Bonchev–Trinajstić information content (AvgIpc) is 2.60. The number of carboxylic acid groups (broad SMARTS) is 1. The van der Waals surface area contributed by atoms with Crippen molar-refractivity contribution in [2.45, 2.75) is 37.5 Å². The monoisotopic (exact) mass is 287 g/mol. The summed E-state index contributed by atoms with van der Waals surface area (Å²) in [5.74, 6) is -0.765. The van der Waals surface area contributed by atoms with Gasteiger partial charge in [-0.3, -0.25) is 9.48 Å². The molecule has 0 atom stereocenters. The molecule has 0 saturated heterocycles. The summed E-state index contributed by atoms with van der Waals surface area (Å²) >= 11 is 3.30. The Hall–Kier alpha value is -0.910. The van der Waals surface area contributed by atoms with Crippen LogP contribution >= 0.6 is 15.9 Å². The van der Waals surface area contributed by atoms with Crippen molar-refractivity contribution >= 4 is 21.9 Å². The summed E-state index contributed by atoms with van der Waals surface area (Å²) in [4.78, 5) is 11.6. The lowest BCUT2D eigenvalue weighted by atomic mass is 9.72. The van der Waals surface area contributed by atoms with Crippen LogP contribution in [-0.2, 0) is 17.3 Å². The second kappa shape index (κ2) is 4.16. The molecule has 0 unspecified atom stereocenters. The van der Waals surface area contributed by atoms with E-state index in [0.717, 1.165) is 19.3 Å². The minimum Gasteiger partial charge on any atom is -0.481 e. The molecule has 1 fully saturated rings. The molecular weight excluding hydrogens is 274 g/mol. The van der Waals surface area contributed by atoms with E-state index in [-0.39, 0.29) is 0 Å². The van der Waals surface area contributed by atoms with Gasteiger partial charge in [-0.15, -0.1) is 5.10 Å². The van der Waals surface area contributed by atoms with E-state index in [1.54, 1.807) is 11.7 Å². The van der Waals surface area contributed by atoms with E-state index in [9.17, 15) is 9.90 Å². The molecule has 1 aromatic rings. The van der Waals surface area contributed by atoms with Crippen molar-refractivity contribution in [3.63, 3.8) is 0 Å². The molecule has 1 heterocycles. The predicted octanol–water partition coefficient (Wildman–Crippen LogP) is 1.86. The molecule has 1 N–H and O–H groups in total. The van der Waals surface area contributed by atoms with Crippen molar-refractivity contribution in [2.24, 2.45) is 7.05 Å². The molecule has 0 aromatic carbocycles. The second-order valence-electron chi connectivity index (χ2n) is 4.30. The van der Waals surface area contributed by atoms with Crippen molar-refractivity contribution in [1.82, 2.24) is 15.0 Å². The molecule has 0 radical (unpaired) electrons. The molecule has 1 aliphatic carbocycles. The van der Waals surface area contributed by atoms with Gasteiger partial charge >= 0.3 is 5.97 Å². The maximum Gasteiger partial charge on any atom is 0.315 e. The number of carbonyl (C=O) groups is 1. The van der Waals surface area contributed by atoms with Crippen molar-refractivity contribution in [1.29, 1.82) is 0 Å². The Bertz CT molecular complexity index is 391. The summed E-state index contributed by atoms with van der Waals surface area (Å²) in [6.07, 6.45) is 4.34. The zero-order valence-electron chi connectivity index (χ0n) is 9.11. The summed E-state index contributed by atoms with van der Waals surface area (Å²) < 4.78 is 2.13. The molecule has 0 amide bonds. The smallest absolute Gasteiger partial charge is 0.315 e. The van der Waals surface area contributed by atoms with Crippen LogP contribution in [0.4, 0.5) is 0 Å². The lowest BCUT2D eigenvalue weighted by Gasteiger charge is -2.32. The Labute approximate surface area is 102 Å². The second-order valence-corrected chi connectivity index (χ2v) is 5.05. The quantitative estimate of drug-likeness (QED) is 0.902. The Morgan fingerprint density at radius 2 is 2.06 bits per heavy atom. The number of halogens is 1. The maximum absolute atomic E-state index is 11.6. The summed E-state index contributed by atoms with van der Waals surface area (Å²) in [6.45, 7) is 0. The number of aromatic nitrogens is 3. The van der Waals surface area contributed by atoms with Gasteiger partial charge < -0.3 is 5.11 Å². The Morgan fingerprint density at radius 1 is 1.44 bits per heavy atom. The van der Waals surface area contributed by atoms with Gasteiger partial charge in [-0.2, -0.15) is 0 Å². The fourth-order valence-electron chi connectivity index (χ4n) is 2.55. The van der Waals surface area contributed by atoms with Gasteiger partial charge in [0.2, 0.25) is 0 Å². The molecular formula is C10H14BrN3O2. The number of nitrogens with zero attached hydrogens (tertiary/aromatic N) is 3. The summed E-state index contributed by atoms with van der Waals surface area (Å²) in [5.41, 5.74) is -0.116. The van der Waals surface area contributed by atoms with Gasteiger partial charge in [0.15, 0.2) is 4.60 Å². The third-order valence-corrected chi connectivity index (χ3v) is 3.89. The van der Waals surface area contributed by atoms with E-state index in [1.165, 1.54) is 0 Å². The minimum absolute atomic E-state index is 0.555. The first kappa shape index (κ1) is 11.6. The first-order valence-electron chi connectivity index (χ1n) is 5.37. The van der Waals surface area contributed by atoms with Crippen LogP contribution in [0.2, 0.25) is 0 Å². The molecule has 88 valence electrons. The predicted molar refractivity (Wildman–Crippen MR) is 61.1 cm³/mol. The number of aliphatic carboxylic acids is 1. The Kier molecular flexibility index (Phi) is 3.01. The van der Waals surface area contributed by atoms with Crippen molar-refractivity contribution < 1.29 is 9.90 Å². The third kappa shape index (κ3) is 1.65. The normalized spacial score (nSPS) is 19.6. The molecule has 6 heteroatoms. The number of hydrogen-bond donors (Lipinski definition) is 1. The average molecular weight is 288 g/mol. The van der Waals surface area contributed by atoms with Gasteiger partial charge in [0, 0.05) is 7.05 Å². The fraction of sp³-hybridized carbons (Fsp3) is 0.700. The highest BCUT2D eigenvalue weighted by Gasteiger charge is 2.45. The zero-order valence-corrected chi connectivity index (χ0v) is 10.7. The van der Waals surface area contributed by atoms with Gasteiger partial charge in [0.25, 0.3) is 0 Å². The minimum atomic E-state index is -0.810. The van der Waals surface area contributed by atoms with Crippen LogP contribution in [0.1, 0.15) is 37.8 Å². The standard InChI is InChI=1S/C10H14BrN3O2/c1-14-7(8(11)12-13-14)10(9(15)16)5-3-2-4-6-10/h2-6H2,1H3,(H,15,16). The van der Waals surface area contributed by atoms with Crippen molar-refractivity contribution in [2.75, 3.05) is 0 Å². The number of aryl methyl sites for hydroxylation is 1. The van der Waals surface area contributed by atoms with Crippen LogP contribution in [0.25, 0.3) is 0 Å². The lowest BCUT2D eigenvalue weighted by molar-refractivity contribution is -0.145. The van der Waals surface area contributed by atoms with Crippen molar-refractivity contribution in [3.8, 4) is 0 Å². The van der Waals surface area contributed by atoms with E-state index in [1.807, 2.05) is 0 Å². The fourth-order valence-corrected chi connectivity index (χ4v) is 3.25. The lowest BCUT2D eigenvalue weighted by Crippen LogP contribution is -2.39. The van der Waals surface area contributed by atoms with Crippen LogP contribution in [0.3, 0.4) is 0 Å². The van der Waals surface area contributed by atoms with E-state index in [0.29, 0.717) is 23.1 Å². The highest BCUT2D eigenvalue weighted by Crippen LogP contribution is 2.41. The van der Waals surface area contributed by atoms with E-state index >= 15 is 0 Å². The molecule has 16 heavy (non-hydrogen) atoms. The SMILES string of the molecule is Cn1nnc(Br)c1C1(C(=O)O)CCCCC1. The van der Waals surface area contributed by atoms with Crippen LogP contribution in [0.15, 0.2) is 4.60 Å². The zero-order chi connectivity index (χ0) is 11.8. The topological polar surface area (TPSA) is 68.0 Å². The summed E-state index contributed by atoms with van der Waals surface area (Å²) in [7, 11) is 1.74. The molecule has 1 saturated carbocycles. The molecule has 5 nitrogen and oxygen atoms in total. The highest BCUT2D eigenvalue weighted by atomic mass is 79.9. The summed E-state index contributed by atoms with van der Waals surface area (Å²) in [5, 5.41) is 17.3. The van der Waals surface area contributed by atoms with Gasteiger partial charge in [-0.05, 0) is 28.8 Å². The molecule has 0 spiro atoms. The molecule has 1 aromatic heterocycles. The first-order valence-corrected chi connectivity index (χ1v) is 6.16. The van der Waals surface area contributed by atoms with Gasteiger partial charge in [-0.1, -0.05) is 24.5 Å². The van der Waals surface area contributed by atoms with Crippen LogP contribution in [-0.4, -0.2) is 26.1 Å². The molecule has 0 aliphatic heterocycles.